The number of carbonyl (C=O) groups is 1. The number of nitrogens with zero attached hydrogens (tertiary/aromatic N) is 1. The number of nitro benzene ring substituents is 1. The third kappa shape index (κ3) is 5.53. The van der Waals surface area contributed by atoms with Crippen molar-refractivity contribution in [2.45, 2.75) is 65.8 Å². The minimum absolute atomic E-state index is 0.00949. The zero-order valence-corrected chi connectivity index (χ0v) is 17.0. The number of hydrogen-bond donors (Lipinski definition) is 1. The maximum Gasteiger partial charge on any atom is 0.274 e. The summed E-state index contributed by atoms with van der Waals surface area (Å²) < 4.78 is 12.0. The summed E-state index contributed by atoms with van der Waals surface area (Å²) in [4.78, 5) is 22.7. The van der Waals surface area contributed by atoms with Crippen molar-refractivity contribution in [3.05, 3.63) is 27.8 Å². The van der Waals surface area contributed by atoms with Gasteiger partial charge in [-0.1, -0.05) is 20.8 Å². The highest BCUT2D eigenvalue weighted by molar-refractivity contribution is 6.48. The first-order valence-corrected chi connectivity index (χ1v) is 11.2. The maximum absolute atomic E-state index is 11.8. The molecule has 2 rings (SSSR count). The van der Waals surface area contributed by atoms with Crippen LogP contribution in [0, 0.1) is 15.5 Å². The van der Waals surface area contributed by atoms with Crippen LogP contribution in [0.1, 0.15) is 45.6 Å². The highest BCUT2D eigenvalue weighted by atomic mass is 28.3. The number of hydrogen-bond acceptors (Lipinski definition) is 5. The molecule has 0 bridgehead atoms. The Morgan fingerprint density at radius 1 is 1.31 bits per heavy atom. The number of nitrogens with one attached hydrogen (secondary N) is 1. The molecule has 1 radical (unpaired) electrons. The number of benzene rings is 1. The van der Waals surface area contributed by atoms with E-state index in [0.29, 0.717) is 29.8 Å². The number of carbonyl (C=O) groups excluding carboxylic acids is 1. The van der Waals surface area contributed by atoms with Gasteiger partial charge in [-0.25, -0.2) is 0 Å². The average molecular weight is 380 g/mol. The van der Waals surface area contributed by atoms with Gasteiger partial charge < -0.3 is 14.5 Å². The molecule has 1 N–H and O–H groups in total. The molecule has 0 saturated heterocycles. The first-order chi connectivity index (χ1) is 12.1. The van der Waals surface area contributed by atoms with Crippen LogP contribution in [-0.2, 0) is 15.6 Å². The predicted molar refractivity (Wildman–Crippen MR) is 102 cm³/mol. The Kier molecular flexibility index (Phi) is 6.41. The number of rotatable bonds is 7. The lowest BCUT2D eigenvalue weighted by atomic mass is 9.90. The van der Waals surface area contributed by atoms with E-state index in [2.05, 4.69) is 26.1 Å². The topological polar surface area (TPSA) is 90.7 Å². The van der Waals surface area contributed by atoms with Crippen LogP contribution in [0.4, 0.5) is 11.4 Å². The summed E-state index contributed by atoms with van der Waals surface area (Å²) in [5.41, 5.74) is 1.07. The van der Waals surface area contributed by atoms with Crippen molar-refractivity contribution in [2.24, 2.45) is 5.41 Å². The van der Waals surface area contributed by atoms with E-state index in [9.17, 15) is 14.9 Å². The molecule has 0 spiro atoms. The Labute approximate surface area is 155 Å². The van der Waals surface area contributed by atoms with Gasteiger partial charge in [0, 0.05) is 18.9 Å². The lowest BCUT2D eigenvalue weighted by Gasteiger charge is -2.27. The summed E-state index contributed by atoms with van der Waals surface area (Å²) in [6, 6.07) is 2.99. The molecule has 1 atom stereocenters. The number of ether oxygens (including phenoxy) is 1. The predicted octanol–water partition coefficient (Wildman–Crippen LogP) is 4.28. The number of nitro groups is 1. The van der Waals surface area contributed by atoms with E-state index < -0.39 is 20.3 Å². The van der Waals surface area contributed by atoms with Crippen molar-refractivity contribution >= 4 is 26.3 Å². The molecule has 0 aliphatic carbocycles. The first-order valence-electron chi connectivity index (χ1n) is 8.80. The Morgan fingerprint density at radius 3 is 2.58 bits per heavy atom. The van der Waals surface area contributed by atoms with Gasteiger partial charge in [0.05, 0.1) is 16.2 Å². The third-order valence-corrected chi connectivity index (χ3v) is 4.80. The van der Waals surface area contributed by atoms with Crippen molar-refractivity contribution in [3.8, 4) is 5.75 Å². The van der Waals surface area contributed by atoms with E-state index >= 15 is 0 Å². The highest BCUT2D eigenvalue weighted by Gasteiger charge is 2.28. The number of anilines is 1. The molecule has 1 unspecified atom stereocenters. The van der Waals surface area contributed by atoms with Gasteiger partial charge in [-0.05, 0) is 37.4 Å². The monoisotopic (exact) mass is 379 g/mol. The van der Waals surface area contributed by atoms with Gasteiger partial charge in [0.2, 0.25) is 14.9 Å². The molecular weight excluding hydrogens is 352 g/mol. The maximum atomic E-state index is 11.8. The zero-order valence-electron chi connectivity index (χ0n) is 16.0. The summed E-state index contributed by atoms with van der Waals surface area (Å²) in [5.74, 6) is 0.270. The van der Waals surface area contributed by atoms with Gasteiger partial charge >= 0.3 is 0 Å². The quantitative estimate of drug-likeness (QED) is 0.330. The van der Waals surface area contributed by atoms with Crippen LogP contribution >= 0.6 is 0 Å². The van der Waals surface area contributed by atoms with Gasteiger partial charge in [0.15, 0.2) is 6.29 Å². The van der Waals surface area contributed by atoms with E-state index in [1.807, 2.05) is 13.1 Å². The Bertz CT molecular complexity index is 685. The Morgan fingerprint density at radius 2 is 2.00 bits per heavy atom. The fourth-order valence-electron chi connectivity index (χ4n) is 2.81. The third-order valence-electron chi connectivity index (χ3n) is 4.07. The fraction of sp³-hybridized carbons (Fsp3) is 0.611. The number of amides is 1. The molecule has 8 heteroatoms. The van der Waals surface area contributed by atoms with E-state index in [0.717, 1.165) is 6.42 Å². The van der Waals surface area contributed by atoms with Crippen LogP contribution in [-0.4, -0.2) is 26.2 Å². The molecule has 0 fully saturated rings. The summed E-state index contributed by atoms with van der Waals surface area (Å²) in [6.07, 6.45) is 1.74. The second kappa shape index (κ2) is 8.18. The van der Waals surface area contributed by atoms with Crippen LogP contribution in [0.5, 0.6) is 5.75 Å². The van der Waals surface area contributed by atoms with Crippen molar-refractivity contribution in [1.29, 1.82) is 0 Å². The molecule has 7 nitrogen and oxygen atoms in total. The van der Waals surface area contributed by atoms with Crippen LogP contribution in [0.25, 0.3) is 0 Å². The molecule has 1 aliphatic rings. The number of fused-ring (bicyclic) bond motifs is 1. The fourth-order valence-corrected chi connectivity index (χ4v) is 3.50. The zero-order chi connectivity index (χ0) is 19.5. The standard InChI is InChI=1S/C18H27N2O5Si/c1-18(2,3)11-10-16(25-26(4)5)24-14-8-7-13(20(22)23)12-6-9-15(21)19-17(12)14/h7-8,16H,6,9-11H2,1-5H3,(H,19,21). The molecule has 0 aromatic heterocycles. The average Bonchev–Trinajstić information content (AvgIpc) is 2.51. The molecule has 1 aromatic carbocycles. The highest BCUT2D eigenvalue weighted by Crippen LogP contribution is 2.39. The molecular formula is C18H27N2O5Si. The van der Waals surface area contributed by atoms with Gasteiger partial charge in [-0.2, -0.15) is 0 Å². The summed E-state index contributed by atoms with van der Waals surface area (Å²) in [7, 11) is -0.993. The van der Waals surface area contributed by atoms with Gasteiger partial charge in [0.1, 0.15) is 5.75 Å². The molecule has 0 saturated carbocycles. The summed E-state index contributed by atoms with van der Waals surface area (Å²) in [6.45, 7) is 10.5. The normalized spacial score (nSPS) is 15.4. The van der Waals surface area contributed by atoms with Crippen LogP contribution in [0.3, 0.4) is 0 Å². The van der Waals surface area contributed by atoms with Crippen molar-refractivity contribution in [3.63, 3.8) is 0 Å². The largest absolute Gasteiger partial charge is 0.464 e. The SMILES string of the molecule is C[Si](C)OC(CCC(C)(C)C)Oc1ccc([N+](=O)[O-])c2c1NC(=O)CC2. The molecule has 1 aromatic rings. The van der Waals surface area contributed by atoms with Crippen LogP contribution < -0.4 is 10.1 Å². The summed E-state index contributed by atoms with van der Waals surface area (Å²) >= 11 is 0. The van der Waals surface area contributed by atoms with Crippen molar-refractivity contribution in [1.82, 2.24) is 0 Å². The molecule has 1 aliphatic heterocycles. The smallest absolute Gasteiger partial charge is 0.274 e. The molecule has 1 amide bonds. The van der Waals surface area contributed by atoms with E-state index in [4.69, 9.17) is 9.16 Å². The van der Waals surface area contributed by atoms with Crippen molar-refractivity contribution in [2.75, 3.05) is 5.32 Å². The lowest BCUT2D eigenvalue weighted by molar-refractivity contribution is -0.385. The minimum atomic E-state index is -0.993. The van der Waals surface area contributed by atoms with Crippen molar-refractivity contribution < 1.29 is 18.9 Å². The van der Waals surface area contributed by atoms with E-state index in [1.165, 1.54) is 6.07 Å². The second-order valence-corrected chi connectivity index (χ2v) is 9.97. The minimum Gasteiger partial charge on any atom is -0.464 e. The lowest BCUT2D eigenvalue weighted by Crippen LogP contribution is -2.29. The van der Waals surface area contributed by atoms with Gasteiger partial charge in [-0.3, -0.25) is 14.9 Å². The Balaban J connectivity index is 2.30. The Hall–Kier alpha value is -1.93. The van der Waals surface area contributed by atoms with Gasteiger partial charge in [-0.15, -0.1) is 0 Å². The van der Waals surface area contributed by atoms with E-state index in [1.54, 1.807) is 6.07 Å². The summed E-state index contributed by atoms with van der Waals surface area (Å²) in [5, 5.41) is 14.0. The molecule has 1 heterocycles. The van der Waals surface area contributed by atoms with E-state index in [-0.39, 0.29) is 23.4 Å². The second-order valence-electron chi connectivity index (χ2n) is 7.91. The first kappa shape index (κ1) is 20.4. The molecule has 143 valence electrons. The van der Waals surface area contributed by atoms with Gasteiger partial charge in [0.25, 0.3) is 5.69 Å². The molecule has 26 heavy (non-hydrogen) atoms. The van der Waals surface area contributed by atoms with Crippen LogP contribution in [0.2, 0.25) is 13.1 Å². The van der Waals surface area contributed by atoms with Crippen LogP contribution in [0.15, 0.2) is 12.1 Å².